The smallest absolute Gasteiger partial charge is 0.354 e. The van der Waals surface area contributed by atoms with Gasteiger partial charge in [0.1, 0.15) is 5.69 Å². The Hall–Kier alpha value is -3.20. The van der Waals surface area contributed by atoms with Gasteiger partial charge in [-0.2, -0.15) is 0 Å². The minimum absolute atomic E-state index is 0.0633. The number of pyridine rings is 1. The highest BCUT2D eigenvalue weighted by Gasteiger charge is 2.11. The van der Waals surface area contributed by atoms with Gasteiger partial charge in [0.05, 0.1) is 5.52 Å². The van der Waals surface area contributed by atoms with Gasteiger partial charge in [-0.25, -0.2) is 9.78 Å². The van der Waals surface area contributed by atoms with E-state index in [2.05, 4.69) is 54.4 Å². The van der Waals surface area contributed by atoms with Gasteiger partial charge in [0.15, 0.2) is 0 Å². The van der Waals surface area contributed by atoms with Crippen LogP contribution >= 0.6 is 0 Å². The molecule has 0 aliphatic carbocycles. The Morgan fingerprint density at radius 1 is 0.792 bits per heavy atom. The zero-order valence-corrected chi connectivity index (χ0v) is 13.2. The third-order valence-electron chi connectivity index (χ3n) is 4.38. The summed E-state index contributed by atoms with van der Waals surface area (Å²) < 4.78 is 0. The number of aromatic carboxylic acids is 1. The summed E-state index contributed by atoms with van der Waals surface area (Å²) in [5.41, 5.74) is 4.19. The summed E-state index contributed by atoms with van der Waals surface area (Å²) in [5.74, 6) is -1.01. The number of aromatic nitrogens is 1. The van der Waals surface area contributed by atoms with E-state index in [1.807, 2.05) is 18.2 Å². The fourth-order valence-electron chi connectivity index (χ4n) is 3.21. The van der Waals surface area contributed by atoms with Gasteiger partial charge in [-0.05, 0) is 52.6 Å². The summed E-state index contributed by atoms with van der Waals surface area (Å²) in [7, 11) is 0. The molecular weight excluding hydrogens is 298 g/mol. The van der Waals surface area contributed by atoms with Crippen molar-refractivity contribution >= 4 is 27.6 Å². The van der Waals surface area contributed by atoms with Crippen LogP contribution in [0.5, 0.6) is 0 Å². The summed E-state index contributed by atoms with van der Waals surface area (Å²) in [6.45, 7) is 2.11. The topological polar surface area (TPSA) is 50.2 Å². The van der Waals surface area contributed by atoms with Crippen molar-refractivity contribution in [3.8, 4) is 11.1 Å². The van der Waals surface area contributed by atoms with Crippen molar-refractivity contribution in [2.75, 3.05) is 0 Å². The zero-order chi connectivity index (χ0) is 16.7. The summed E-state index contributed by atoms with van der Waals surface area (Å²) in [6.07, 6.45) is 0. The maximum absolute atomic E-state index is 11.1. The van der Waals surface area contributed by atoms with Gasteiger partial charge < -0.3 is 5.11 Å². The van der Waals surface area contributed by atoms with Crippen LogP contribution in [0.1, 0.15) is 16.1 Å². The minimum Gasteiger partial charge on any atom is -0.477 e. The van der Waals surface area contributed by atoms with E-state index in [9.17, 15) is 4.79 Å². The number of nitrogens with zero attached hydrogens (tertiary/aromatic N) is 1. The number of carboxylic acid groups (broad SMARTS) is 1. The summed E-state index contributed by atoms with van der Waals surface area (Å²) >= 11 is 0. The van der Waals surface area contributed by atoms with Gasteiger partial charge in [-0.1, -0.05) is 48.5 Å². The molecular formula is C21H15NO2. The number of hydrogen-bond acceptors (Lipinski definition) is 2. The average molecular weight is 313 g/mol. The first-order valence-electron chi connectivity index (χ1n) is 7.77. The van der Waals surface area contributed by atoms with Gasteiger partial charge in [0.2, 0.25) is 0 Å². The van der Waals surface area contributed by atoms with Gasteiger partial charge in [0.25, 0.3) is 0 Å². The molecule has 1 heterocycles. The molecule has 0 unspecified atom stereocenters. The van der Waals surface area contributed by atoms with Crippen molar-refractivity contribution in [3.05, 3.63) is 78.0 Å². The molecule has 1 aromatic heterocycles. The first-order chi connectivity index (χ1) is 11.6. The molecule has 0 bridgehead atoms. The Morgan fingerprint density at radius 3 is 2.25 bits per heavy atom. The molecule has 1 N–H and O–H groups in total. The number of carbonyl (C=O) groups is 1. The maximum atomic E-state index is 11.1. The van der Waals surface area contributed by atoms with Crippen molar-refractivity contribution in [2.45, 2.75) is 6.92 Å². The summed E-state index contributed by atoms with van der Waals surface area (Å²) in [5, 5.41) is 12.5. The van der Waals surface area contributed by atoms with Crippen LogP contribution in [-0.4, -0.2) is 16.1 Å². The zero-order valence-electron chi connectivity index (χ0n) is 13.2. The first kappa shape index (κ1) is 14.4. The Balaban J connectivity index is 2.04. The van der Waals surface area contributed by atoms with Gasteiger partial charge in [0, 0.05) is 5.39 Å². The van der Waals surface area contributed by atoms with Crippen LogP contribution in [0.3, 0.4) is 0 Å². The maximum Gasteiger partial charge on any atom is 0.354 e. The van der Waals surface area contributed by atoms with Crippen LogP contribution in [0.15, 0.2) is 66.7 Å². The van der Waals surface area contributed by atoms with Crippen LogP contribution in [-0.2, 0) is 0 Å². The highest BCUT2D eigenvalue weighted by Crippen LogP contribution is 2.34. The van der Waals surface area contributed by atoms with Crippen LogP contribution in [0.2, 0.25) is 0 Å². The lowest BCUT2D eigenvalue weighted by Gasteiger charge is -2.11. The normalized spacial score (nSPS) is 11.0. The molecule has 3 nitrogen and oxygen atoms in total. The van der Waals surface area contributed by atoms with Crippen LogP contribution < -0.4 is 0 Å². The molecule has 4 rings (SSSR count). The molecule has 0 atom stereocenters. The Labute approximate surface area is 139 Å². The van der Waals surface area contributed by atoms with Crippen LogP contribution in [0.25, 0.3) is 32.8 Å². The molecule has 116 valence electrons. The fourth-order valence-corrected chi connectivity index (χ4v) is 3.21. The largest absolute Gasteiger partial charge is 0.477 e. The average Bonchev–Trinajstić information content (AvgIpc) is 2.60. The Kier molecular flexibility index (Phi) is 3.28. The van der Waals surface area contributed by atoms with Crippen molar-refractivity contribution < 1.29 is 9.90 Å². The molecule has 0 saturated carbocycles. The highest BCUT2D eigenvalue weighted by molar-refractivity contribution is 6.05. The molecule has 4 aromatic rings. The highest BCUT2D eigenvalue weighted by atomic mass is 16.4. The lowest BCUT2D eigenvalue weighted by Crippen LogP contribution is -2.00. The SMILES string of the molecule is Cc1cccc2c(-c3cccc4nc(C(=O)O)ccc34)cccc12. The molecule has 3 aromatic carbocycles. The summed E-state index contributed by atoms with van der Waals surface area (Å²) in [4.78, 5) is 15.4. The number of fused-ring (bicyclic) bond motifs is 2. The summed E-state index contributed by atoms with van der Waals surface area (Å²) in [6, 6.07) is 21.8. The molecule has 0 saturated heterocycles. The van der Waals surface area contributed by atoms with E-state index in [-0.39, 0.29) is 5.69 Å². The second kappa shape index (κ2) is 5.46. The van der Waals surface area contributed by atoms with E-state index in [1.54, 1.807) is 6.07 Å². The number of rotatable bonds is 2. The number of carboxylic acids is 1. The molecule has 3 heteroatoms. The fraction of sp³-hybridized carbons (Fsp3) is 0.0476. The molecule has 24 heavy (non-hydrogen) atoms. The molecule has 0 radical (unpaired) electrons. The van der Waals surface area contributed by atoms with E-state index in [0.717, 1.165) is 16.5 Å². The third-order valence-corrected chi connectivity index (χ3v) is 4.38. The van der Waals surface area contributed by atoms with Crippen LogP contribution in [0.4, 0.5) is 0 Å². The van der Waals surface area contributed by atoms with Crippen molar-refractivity contribution in [2.24, 2.45) is 0 Å². The van der Waals surface area contributed by atoms with Crippen molar-refractivity contribution in [1.82, 2.24) is 4.98 Å². The Morgan fingerprint density at radius 2 is 1.46 bits per heavy atom. The second-order valence-corrected chi connectivity index (χ2v) is 5.85. The quantitative estimate of drug-likeness (QED) is 0.562. The van der Waals surface area contributed by atoms with Crippen molar-refractivity contribution in [3.63, 3.8) is 0 Å². The second-order valence-electron chi connectivity index (χ2n) is 5.85. The third kappa shape index (κ3) is 2.22. The lowest BCUT2D eigenvalue weighted by atomic mass is 9.94. The van der Waals surface area contributed by atoms with E-state index in [4.69, 9.17) is 5.11 Å². The van der Waals surface area contributed by atoms with Gasteiger partial charge in [-0.3, -0.25) is 0 Å². The standard InChI is InChI=1S/C21H15NO2/c1-13-5-2-7-15-14(13)6-3-8-16(15)17-9-4-10-19-18(17)11-12-20(22-19)21(23)24/h2-12H,1H3,(H,23,24). The molecule has 0 aliphatic rings. The molecule has 0 amide bonds. The first-order valence-corrected chi connectivity index (χ1v) is 7.77. The van der Waals surface area contributed by atoms with E-state index < -0.39 is 5.97 Å². The van der Waals surface area contributed by atoms with Gasteiger partial charge in [-0.15, -0.1) is 0 Å². The molecule has 0 aliphatic heterocycles. The molecule has 0 spiro atoms. The van der Waals surface area contributed by atoms with E-state index in [1.165, 1.54) is 16.3 Å². The van der Waals surface area contributed by atoms with Gasteiger partial charge >= 0.3 is 5.97 Å². The monoisotopic (exact) mass is 313 g/mol. The van der Waals surface area contributed by atoms with E-state index >= 15 is 0 Å². The van der Waals surface area contributed by atoms with Crippen molar-refractivity contribution in [1.29, 1.82) is 0 Å². The number of aryl methyl sites for hydroxylation is 1. The van der Waals surface area contributed by atoms with E-state index in [0.29, 0.717) is 5.52 Å². The minimum atomic E-state index is -1.01. The number of hydrogen-bond donors (Lipinski definition) is 1. The Bertz CT molecular complexity index is 1100. The lowest BCUT2D eigenvalue weighted by molar-refractivity contribution is 0.0691. The predicted molar refractivity (Wildman–Crippen MR) is 96.4 cm³/mol. The number of benzene rings is 3. The predicted octanol–water partition coefficient (Wildman–Crippen LogP) is 5.06. The van der Waals surface area contributed by atoms with Crippen LogP contribution in [0, 0.1) is 6.92 Å². The molecule has 0 fully saturated rings.